The molecule has 1 amide bonds. The van der Waals surface area contributed by atoms with Crippen LogP contribution in [0.4, 0.5) is 0 Å². The van der Waals surface area contributed by atoms with Crippen molar-refractivity contribution in [2.24, 2.45) is 23.7 Å². The predicted octanol–water partition coefficient (Wildman–Crippen LogP) is 6.75. The zero-order valence-corrected chi connectivity index (χ0v) is 28.4. The maximum absolute atomic E-state index is 10.7. The second-order valence-electron chi connectivity index (χ2n) is 12.4. The van der Waals surface area contributed by atoms with E-state index in [0.29, 0.717) is 5.92 Å². The SMILES string of the molecule is C/C=C/C.CC#CC.CC1CC(=O)N(C)C1.CC1CCCN(C)C1.CC1CCN(C)C1.CC1CCN(C)CC1. The number of carbonyl (C=O) groups is 1. The average molecular weight is 549 g/mol. The van der Waals surface area contributed by atoms with Crippen molar-refractivity contribution >= 4 is 5.91 Å². The van der Waals surface area contributed by atoms with E-state index in [1.54, 1.807) is 4.90 Å². The van der Waals surface area contributed by atoms with E-state index < -0.39 is 0 Å². The normalized spacial score (nSPS) is 25.7. The molecule has 4 aliphatic rings. The molecule has 5 nitrogen and oxygen atoms in total. The summed E-state index contributed by atoms with van der Waals surface area (Å²) in [7, 11) is 8.44. The molecule has 0 bridgehead atoms. The van der Waals surface area contributed by atoms with Gasteiger partial charge in [-0.3, -0.25) is 4.79 Å². The number of likely N-dealkylation sites (tertiary alicyclic amines) is 4. The van der Waals surface area contributed by atoms with Gasteiger partial charge in [-0.15, -0.1) is 11.8 Å². The van der Waals surface area contributed by atoms with E-state index in [2.05, 4.69) is 75.4 Å². The topological polar surface area (TPSA) is 30.0 Å². The van der Waals surface area contributed by atoms with Crippen LogP contribution >= 0.6 is 0 Å². The Kier molecular flexibility index (Phi) is 26.1. The van der Waals surface area contributed by atoms with E-state index in [0.717, 1.165) is 30.7 Å². The van der Waals surface area contributed by atoms with Crippen molar-refractivity contribution in [3.63, 3.8) is 0 Å². The highest BCUT2D eigenvalue weighted by molar-refractivity contribution is 5.78. The third-order valence-electron chi connectivity index (χ3n) is 7.61. The summed E-state index contributed by atoms with van der Waals surface area (Å²) in [5.74, 6) is 9.09. The summed E-state index contributed by atoms with van der Waals surface area (Å²) < 4.78 is 0. The number of hydrogen-bond acceptors (Lipinski definition) is 4. The maximum Gasteiger partial charge on any atom is 0.222 e. The molecule has 0 aromatic rings. The zero-order valence-electron chi connectivity index (χ0n) is 28.4. The number of allylic oxidation sites excluding steroid dienone is 2. The van der Waals surface area contributed by atoms with Crippen LogP contribution in [0.1, 0.15) is 93.9 Å². The lowest BCUT2D eigenvalue weighted by Crippen LogP contribution is -2.30. The van der Waals surface area contributed by atoms with Gasteiger partial charge >= 0.3 is 0 Å². The molecule has 0 aliphatic carbocycles. The number of carbonyl (C=O) groups excluding carboxylic acids is 1. The van der Waals surface area contributed by atoms with Crippen molar-refractivity contribution in [2.75, 3.05) is 74.0 Å². The standard InChI is InChI=1S/2C7H15N.C6H11NO.C6H13N.C4H8.C4H6/c1-7-3-5-8(2)6-4-7;1-7-4-3-5-8(2)6-7;1-5-3-6(8)7(2)4-5;1-6-3-4-7(2)5-6;2*1-3-4-2/h2*7H,3-6H2,1-2H3;5H,3-4H2,1-2H3;6H,3-5H2,1-2H3;3-4H,1-2H3;1-2H3/b;;;;4-3+;. The van der Waals surface area contributed by atoms with Crippen LogP contribution in [-0.4, -0.2) is 99.5 Å². The zero-order chi connectivity index (χ0) is 30.2. The van der Waals surface area contributed by atoms with Crippen molar-refractivity contribution in [3.8, 4) is 11.8 Å². The molecule has 0 aromatic carbocycles. The van der Waals surface area contributed by atoms with Gasteiger partial charge in [-0.25, -0.2) is 0 Å². The summed E-state index contributed by atoms with van der Waals surface area (Å²) in [5, 5.41) is 0. The molecule has 4 aliphatic heterocycles. The van der Waals surface area contributed by atoms with Gasteiger partial charge in [0.2, 0.25) is 5.91 Å². The Hall–Kier alpha value is -1.35. The van der Waals surface area contributed by atoms with Gasteiger partial charge < -0.3 is 19.6 Å². The number of amides is 1. The fourth-order valence-electron chi connectivity index (χ4n) is 4.81. The highest BCUT2D eigenvalue weighted by Gasteiger charge is 2.22. The number of nitrogens with zero attached hydrogens (tertiary/aromatic N) is 4. The molecule has 3 unspecified atom stereocenters. The molecule has 4 saturated heterocycles. The largest absolute Gasteiger partial charge is 0.345 e. The fraction of sp³-hybridized carbons (Fsp3) is 0.853. The van der Waals surface area contributed by atoms with E-state index in [1.165, 1.54) is 71.4 Å². The van der Waals surface area contributed by atoms with Gasteiger partial charge in [0.05, 0.1) is 0 Å². The molecular weight excluding hydrogens is 480 g/mol. The molecular formula is C34H68N4O. The van der Waals surface area contributed by atoms with Crippen molar-refractivity contribution in [1.82, 2.24) is 19.6 Å². The van der Waals surface area contributed by atoms with E-state index in [9.17, 15) is 4.79 Å². The first kappa shape index (κ1) is 39.8. The monoisotopic (exact) mass is 549 g/mol. The van der Waals surface area contributed by atoms with Crippen molar-refractivity contribution in [3.05, 3.63) is 12.2 Å². The van der Waals surface area contributed by atoms with Gasteiger partial charge in [0.1, 0.15) is 0 Å². The first-order valence-electron chi connectivity index (χ1n) is 15.6. The first-order valence-corrected chi connectivity index (χ1v) is 15.6. The average Bonchev–Trinajstić information content (AvgIpc) is 3.42. The van der Waals surface area contributed by atoms with E-state index in [-0.39, 0.29) is 5.91 Å². The van der Waals surface area contributed by atoms with E-state index >= 15 is 0 Å². The Morgan fingerprint density at radius 3 is 1.26 bits per heavy atom. The molecule has 4 fully saturated rings. The summed E-state index contributed by atoms with van der Waals surface area (Å²) in [4.78, 5) is 19.7. The summed E-state index contributed by atoms with van der Waals surface area (Å²) in [5.41, 5.74) is 0. The van der Waals surface area contributed by atoms with Crippen molar-refractivity contribution in [2.45, 2.75) is 93.9 Å². The second kappa shape index (κ2) is 25.6. The van der Waals surface area contributed by atoms with Gasteiger partial charge in [-0.1, -0.05) is 39.8 Å². The number of piperidine rings is 2. The quantitative estimate of drug-likeness (QED) is 0.247. The summed E-state index contributed by atoms with van der Waals surface area (Å²) in [6.45, 7) is 25.5. The Morgan fingerprint density at radius 1 is 0.615 bits per heavy atom. The van der Waals surface area contributed by atoms with Crippen LogP contribution in [0.25, 0.3) is 0 Å². The van der Waals surface area contributed by atoms with Gasteiger partial charge in [-0.2, -0.15) is 0 Å². The molecule has 5 heteroatoms. The molecule has 39 heavy (non-hydrogen) atoms. The van der Waals surface area contributed by atoms with Gasteiger partial charge in [0, 0.05) is 33.1 Å². The van der Waals surface area contributed by atoms with Crippen LogP contribution in [0.3, 0.4) is 0 Å². The molecule has 0 N–H and O–H groups in total. The van der Waals surface area contributed by atoms with E-state index in [1.807, 2.05) is 46.9 Å². The Balaban J connectivity index is 0. The highest BCUT2D eigenvalue weighted by atomic mass is 16.2. The highest BCUT2D eigenvalue weighted by Crippen LogP contribution is 2.15. The van der Waals surface area contributed by atoms with Crippen molar-refractivity contribution < 1.29 is 4.79 Å². The lowest BCUT2D eigenvalue weighted by Gasteiger charge is -2.26. The smallest absolute Gasteiger partial charge is 0.222 e. The Morgan fingerprint density at radius 2 is 1.05 bits per heavy atom. The maximum atomic E-state index is 10.7. The molecule has 0 aromatic heterocycles. The van der Waals surface area contributed by atoms with Crippen LogP contribution in [0.5, 0.6) is 0 Å². The minimum atomic E-state index is 0.289. The fourth-order valence-corrected chi connectivity index (χ4v) is 4.81. The van der Waals surface area contributed by atoms with Crippen LogP contribution < -0.4 is 0 Å². The van der Waals surface area contributed by atoms with Crippen LogP contribution in [0, 0.1) is 35.5 Å². The third kappa shape index (κ3) is 25.4. The molecule has 0 radical (unpaired) electrons. The minimum Gasteiger partial charge on any atom is -0.345 e. The third-order valence-corrected chi connectivity index (χ3v) is 7.61. The summed E-state index contributed by atoms with van der Waals surface area (Å²) in [6, 6.07) is 0. The van der Waals surface area contributed by atoms with Gasteiger partial charge in [0.25, 0.3) is 0 Å². The minimum absolute atomic E-state index is 0.289. The molecule has 4 heterocycles. The lowest BCUT2D eigenvalue weighted by molar-refractivity contribution is -0.126. The molecule has 3 atom stereocenters. The molecule has 0 spiro atoms. The second-order valence-corrected chi connectivity index (χ2v) is 12.4. The summed E-state index contributed by atoms with van der Waals surface area (Å²) in [6.07, 6.45) is 11.8. The Bertz CT molecular complexity index is 624. The number of rotatable bonds is 0. The first-order chi connectivity index (χ1) is 18.4. The lowest BCUT2D eigenvalue weighted by atomic mass is 10.00. The van der Waals surface area contributed by atoms with Gasteiger partial charge in [0.15, 0.2) is 0 Å². The number of hydrogen-bond donors (Lipinski definition) is 0. The molecule has 0 saturated carbocycles. The van der Waals surface area contributed by atoms with Crippen LogP contribution in [0.2, 0.25) is 0 Å². The van der Waals surface area contributed by atoms with E-state index in [4.69, 9.17) is 0 Å². The Labute approximate surface area is 245 Å². The van der Waals surface area contributed by atoms with Crippen LogP contribution in [0.15, 0.2) is 12.2 Å². The molecule has 230 valence electrons. The van der Waals surface area contributed by atoms with Crippen molar-refractivity contribution in [1.29, 1.82) is 0 Å². The predicted molar refractivity (Wildman–Crippen MR) is 174 cm³/mol. The van der Waals surface area contributed by atoms with Crippen LogP contribution in [-0.2, 0) is 4.79 Å². The summed E-state index contributed by atoms with van der Waals surface area (Å²) >= 11 is 0. The molecule has 4 rings (SSSR count). The van der Waals surface area contributed by atoms with Gasteiger partial charge in [-0.05, 0) is 131 Å².